The molecule has 21 heavy (non-hydrogen) atoms. The summed E-state index contributed by atoms with van der Waals surface area (Å²) in [6, 6.07) is 7.58. The highest BCUT2D eigenvalue weighted by Crippen LogP contribution is 2.15. The molecule has 0 spiro atoms. The van der Waals surface area contributed by atoms with E-state index in [0.717, 1.165) is 5.56 Å². The van der Waals surface area contributed by atoms with Crippen LogP contribution in [0.1, 0.15) is 25.3 Å². The van der Waals surface area contributed by atoms with E-state index in [2.05, 4.69) is 4.74 Å². The Labute approximate surface area is 125 Å². The highest BCUT2D eigenvalue weighted by molar-refractivity contribution is 5.80. The van der Waals surface area contributed by atoms with Crippen molar-refractivity contribution in [1.82, 2.24) is 4.90 Å². The van der Waals surface area contributed by atoms with Crippen LogP contribution in [0.5, 0.6) is 5.75 Å². The molecule has 0 aliphatic heterocycles. The van der Waals surface area contributed by atoms with Gasteiger partial charge in [0.25, 0.3) is 5.91 Å². The number of hydrogen-bond donors (Lipinski definition) is 0. The molecule has 5 nitrogen and oxygen atoms in total. The normalized spacial score (nSPS) is 11.6. The van der Waals surface area contributed by atoms with Crippen LogP contribution >= 0.6 is 0 Å². The van der Waals surface area contributed by atoms with E-state index in [-0.39, 0.29) is 11.9 Å². The number of aryl methyl sites for hydroxylation is 1. The summed E-state index contributed by atoms with van der Waals surface area (Å²) in [4.78, 5) is 24.8. The summed E-state index contributed by atoms with van der Waals surface area (Å²) in [5, 5.41) is 0. The van der Waals surface area contributed by atoms with Gasteiger partial charge in [0.05, 0.1) is 7.11 Å². The van der Waals surface area contributed by atoms with Crippen molar-refractivity contribution in [2.75, 3.05) is 20.7 Å². The Morgan fingerprint density at radius 1 is 1.33 bits per heavy atom. The van der Waals surface area contributed by atoms with Crippen molar-refractivity contribution in [3.63, 3.8) is 0 Å². The first-order chi connectivity index (χ1) is 9.93. The van der Waals surface area contributed by atoms with Crippen molar-refractivity contribution in [3.8, 4) is 5.75 Å². The van der Waals surface area contributed by atoms with E-state index in [4.69, 9.17) is 4.74 Å². The summed E-state index contributed by atoms with van der Waals surface area (Å²) in [7, 11) is 3.06. The van der Waals surface area contributed by atoms with Gasteiger partial charge in [0.15, 0.2) is 6.10 Å². The number of carbonyl (C=O) groups excluding carboxylic acids is 2. The molecule has 0 saturated carbocycles. The maximum absolute atomic E-state index is 12.2. The van der Waals surface area contributed by atoms with Crippen LogP contribution in [0.25, 0.3) is 0 Å². The van der Waals surface area contributed by atoms with Crippen molar-refractivity contribution in [3.05, 3.63) is 29.8 Å². The number of likely N-dealkylation sites (N-methyl/N-ethyl adjacent to an activating group) is 1. The summed E-state index contributed by atoms with van der Waals surface area (Å²) in [6.07, 6.45) is 0.322. The van der Waals surface area contributed by atoms with Crippen LogP contribution in [0, 0.1) is 6.92 Å². The van der Waals surface area contributed by atoms with Gasteiger partial charge in [0, 0.05) is 20.0 Å². The molecule has 5 heteroatoms. The van der Waals surface area contributed by atoms with Gasteiger partial charge in [-0.25, -0.2) is 0 Å². The average molecular weight is 293 g/mol. The number of rotatable bonds is 7. The molecule has 1 unspecified atom stereocenters. The van der Waals surface area contributed by atoms with Crippen LogP contribution < -0.4 is 4.74 Å². The number of nitrogens with zero attached hydrogens (tertiary/aromatic N) is 1. The molecular weight excluding hydrogens is 270 g/mol. The molecule has 1 aromatic rings. The van der Waals surface area contributed by atoms with Gasteiger partial charge in [-0.3, -0.25) is 9.59 Å². The third-order valence-corrected chi connectivity index (χ3v) is 3.13. The minimum absolute atomic E-state index is 0.110. The smallest absolute Gasteiger partial charge is 0.305 e. The van der Waals surface area contributed by atoms with E-state index in [1.54, 1.807) is 18.9 Å². The van der Waals surface area contributed by atoms with Crippen molar-refractivity contribution in [2.24, 2.45) is 0 Å². The van der Waals surface area contributed by atoms with E-state index < -0.39 is 6.10 Å². The molecule has 1 aromatic carbocycles. The zero-order chi connectivity index (χ0) is 15.8. The second-order valence-electron chi connectivity index (χ2n) is 5.02. The minimum Gasteiger partial charge on any atom is -0.481 e. The fourth-order valence-electron chi connectivity index (χ4n) is 1.93. The van der Waals surface area contributed by atoms with Crippen molar-refractivity contribution < 1.29 is 19.1 Å². The van der Waals surface area contributed by atoms with Gasteiger partial charge in [-0.1, -0.05) is 12.1 Å². The zero-order valence-electron chi connectivity index (χ0n) is 13.1. The first kappa shape index (κ1) is 17.0. The summed E-state index contributed by atoms with van der Waals surface area (Å²) in [5.41, 5.74) is 1.08. The first-order valence-electron chi connectivity index (χ1n) is 6.99. The third kappa shape index (κ3) is 5.85. The fraction of sp³-hybridized carbons (Fsp3) is 0.500. The predicted octanol–water partition coefficient (Wildman–Crippen LogP) is 2.17. The SMILES string of the molecule is COC(=O)CCCN(C)C(=O)C(C)Oc1cccc(C)c1. The highest BCUT2D eigenvalue weighted by Gasteiger charge is 2.19. The van der Waals surface area contributed by atoms with Gasteiger partial charge >= 0.3 is 5.97 Å². The molecule has 1 atom stereocenters. The Bertz CT molecular complexity index is 487. The Morgan fingerprint density at radius 3 is 2.67 bits per heavy atom. The van der Waals surface area contributed by atoms with E-state index in [1.807, 2.05) is 31.2 Å². The Balaban J connectivity index is 2.44. The van der Waals surface area contributed by atoms with Crippen LogP contribution in [0.2, 0.25) is 0 Å². The average Bonchev–Trinajstić information content (AvgIpc) is 2.45. The number of benzene rings is 1. The van der Waals surface area contributed by atoms with Gasteiger partial charge in [-0.05, 0) is 38.0 Å². The number of ether oxygens (including phenoxy) is 2. The fourth-order valence-corrected chi connectivity index (χ4v) is 1.93. The van der Waals surface area contributed by atoms with Crippen LogP contribution in [0.4, 0.5) is 0 Å². The topological polar surface area (TPSA) is 55.8 Å². The second-order valence-corrected chi connectivity index (χ2v) is 5.02. The number of amides is 1. The quantitative estimate of drug-likeness (QED) is 0.723. The van der Waals surface area contributed by atoms with Gasteiger partial charge in [-0.15, -0.1) is 0 Å². The first-order valence-corrected chi connectivity index (χ1v) is 6.99. The van der Waals surface area contributed by atoms with Crippen LogP contribution in [0.3, 0.4) is 0 Å². The molecule has 0 saturated heterocycles. The lowest BCUT2D eigenvalue weighted by molar-refractivity contribution is -0.142. The maximum atomic E-state index is 12.2. The monoisotopic (exact) mass is 293 g/mol. The van der Waals surface area contributed by atoms with E-state index in [0.29, 0.717) is 25.1 Å². The molecule has 0 heterocycles. The molecule has 0 bridgehead atoms. The van der Waals surface area contributed by atoms with Crippen LogP contribution in [-0.2, 0) is 14.3 Å². The Morgan fingerprint density at radius 2 is 2.05 bits per heavy atom. The van der Waals surface area contributed by atoms with Crippen LogP contribution in [-0.4, -0.2) is 43.6 Å². The lowest BCUT2D eigenvalue weighted by atomic mass is 10.2. The van der Waals surface area contributed by atoms with Gasteiger partial charge in [0.2, 0.25) is 0 Å². The summed E-state index contributed by atoms with van der Waals surface area (Å²) in [5.74, 6) is 0.306. The Kier molecular flexibility index (Phi) is 6.72. The minimum atomic E-state index is -0.560. The molecular formula is C16H23NO4. The van der Waals surface area contributed by atoms with E-state index in [1.165, 1.54) is 7.11 Å². The molecule has 0 fully saturated rings. The lowest BCUT2D eigenvalue weighted by Gasteiger charge is -2.22. The van der Waals surface area contributed by atoms with Crippen molar-refractivity contribution >= 4 is 11.9 Å². The van der Waals surface area contributed by atoms with Gasteiger partial charge in [-0.2, -0.15) is 0 Å². The summed E-state index contributed by atoms with van der Waals surface area (Å²) < 4.78 is 10.2. The third-order valence-electron chi connectivity index (χ3n) is 3.13. The number of esters is 1. The van der Waals surface area contributed by atoms with Gasteiger partial charge < -0.3 is 14.4 Å². The van der Waals surface area contributed by atoms with Crippen molar-refractivity contribution in [2.45, 2.75) is 32.8 Å². The molecule has 0 N–H and O–H groups in total. The molecule has 0 aromatic heterocycles. The lowest BCUT2D eigenvalue weighted by Crippen LogP contribution is -2.38. The maximum Gasteiger partial charge on any atom is 0.305 e. The molecule has 0 radical (unpaired) electrons. The van der Waals surface area contributed by atoms with E-state index in [9.17, 15) is 9.59 Å². The van der Waals surface area contributed by atoms with Gasteiger partial charge in [0.1, 0.15) is 5.75 Å². The van der Waals surface area contributed by atoms with E-state index >= 15 is 0 Å². The standard InChI is InChI=1S/C16H23NO4/c1-12-7-5-8-14(11-12)21-13(2)16(19)17(3)10-6-9-15(18)20-4/h5,7-8,11,13H,6,9-10H2,1-4H3. The molecule has 1 rings (SSSR count). The molecule has 0 aliphatic carbocycles. The number of methoxy groups -OCH3 is 1. The second kappa shape index (κ2) is 8.29. The molecule has 1 amide bonds. The zero-order valence-corrected chi connectivity index (χ0v) is 13.1. The number of hydrogen-bond acceptors (Lipinski definition) is 4. The molecule has 116 valence electrons. The highest BCUT2D eigenvalue weighted by atomic mass is 16.5. The summed E-state index contributed by atoms with van der Waals surface area (Å²) >= 11 is 0. The van der Waals surface area contributed by atoms with Crippen molar-refractivity contribution in [1.29, 1.82) is 0 Å². The summed E-state index contributed by atoms with van der Waals surface area (Å²) in [6.45, 7) is 4.19. The predicted molar refractivity (Wildman–Crippen MR) is 80.2 cm³/mol. The van der Waals surface area contributed by atoms with Crippen LogP contribution in [0.15, 0.2) is 24.3 Å². The Hall–Kier alpha value is -2.04. The largest absolute Gasteiger partial charge is 0.481 e. The number of carbonyl (C=O) groups is 2. The molecule has 0 aliphatic rings.